The zero-order valence-electron chi connectivity index (χ0n) is 12.1. The van der Waals surface area contributed by atoms with E-state index in [-0.39, 0.29) is 11.3 Å². The number of rotatable bonds is 6. The van der Waals surface area contributed by atoms with Gasteiger partial charge in [-0.25, -0.2) is 0 Å². The summed E-state index contributed by atoms with van der Waals surface area (Å²) in [5.41, 5.74) is 8.35. The molecule has 0 aliphatic rings. The van der Waals surface area contributed by atoms with Crippen molar-refractivity contribution < 1.29 is 19.8 Å². The van der Waals surface area contributed by atoms with Gasteiger partial charge in [-0.2, -0.15) is 0 Å². The summed E-state index contributed by atoms with van der Waals surface area (Å²) in [6.45, 7) is 3.42. The summed E-state index contributed by atoms with van der Waals surface area (Å²) in [6, 6.07) is 2.57. The van der Waals surface area contributed by atoms with Crippen LogP contribution in [0.3, 0.4) is 0 Å². The maximum Gasteiger partial charge on any atom is 0.255 e. The molecule has 1 rings (SSSR count). The summed E-state index contributed by atoms with van der Waals surface area (Å²) in [5, 5.41) is 27.5. The minimum atomic E-state index is -1.15. The lowest BCUT2D eigenvalue weighted by atomic mass is 10.1. The first kappa shape index (κ1) is 17.3. The van der Waals surface area contributed by atoms with Gasteiger partial charge in [-0.3, -0.25) is 9.59 Å². The van der Waals surface area contributed by atoms with Crippen LogP contribution >= 0.6 is 0 Å². The number of aromatic hydroxyl groups is 1. The monoisotopic (exact) mass is 307 g/mol. The Morgan fingerprint density at radius 2 is 2.14 bits per heavy atom. The van der Waals surface area contributed by atoms with Gasteiger partial charge in [0.15, 0.2) is 0 Å². The number of carbonyl (C=O) groups excluding carboxylic acids is 2. The molecule has 22 heavy (non-hydrogen) atoms. The molecule has 1 aromatic rings. The normalized spacial score (nSPS) is 12.7. The third-order valence-corrected chi connectivity index (χ3v) is 2.79. The third kappa shape index (κ3) is 4.37. The SMILES string of the molecule is CCNC(=O)[C@@H](NC(=O)c1ccc(N=[N+]=[N-])cc1O)[C@@H](C)O. The smallest absolute Gasteiger partial charge is 0.255 e. The van der Waals surface area contributed by atoms with Gasteiger partial charge >= 0.3 is 0 Å². The number of carbonyl (C=O) groups is 2. The van der Waals surface area contributed by atoms with E-state index in [2.05, 4.69) is 20.7 Å². The largest absolute Gasteiger partial charge is 0.507 e. The number of amides is 2. The van der Waals surface area contributed by atoms with Crippen LogP contribution in [0.1, 0.15) is 24.2 Å². The molecule has 0 saturated carbocycles. The van der Waals surface area contributed by atoms with Crippen molar-refractivity contribution in [2.75, 3.05) is 6.54 Å². The van der Waals surface area contributed by atoms with Crippen molar-refractivity contribution in [3.05, 3.63) is 34.2 Å². The number of nitrogens with zero attached hydrogens (tertiary/aromatic N) is 3. The van der Waals surface area contributed by atoms with E-state index in [4.69, 9.17) is 5.53 Å². The van der Waals surface area contributed by atoms with E-state index in [9.17, 15) is 19.8 Å². The van der Waals surface area contributed by atoms with Gasteiger partial charge < -0.3 is 20.8 Å². The van der Waals surface area contributed by atoms with Gasteiger partial charge in [0.05, 0.1) is 11.7 Å². The lowest BCUT2D eigenvalue weighted by Gasteiger charge is -2.20. The number of nitrogens with one attached hydrogen (secondary N) is 2. The first-order valence-electron chi connectivity index (χ1n) is 6.55. The van der Waals surface area contributed by atoms with E-state index in [0.29, 0.717) is 6.54 Å². The van der Waals surface area contributed by atoms with Crippen molar-refractivity contribution in [1.82, 2.24) is 10.6 Å². The van der Waals surface area contributed by atoms with Gasteiger partial charge in [0.1, 0.15) is 11.8 Å². The van der Waals surface area contributed by atoms with Crippen molar-refractivity contribution in [2.24, 2.45) is 5.11 Å². The summed E-state index contributed by atoms with van der Waals surface area (Å²) in [5.74, 6) is -1.67. The van der Waals surface area contributed by atoms with E-state index in [1.807, 2.05) is 0 Å². The molecule has 9 heteroatoms. The molecule has 0 saturated heterocycles. The number of benzene rings is 1. The second-order valence-electron chi connectivity index (χ2n) is 4.48. The summed E-state index contributed by atoms with van der Waals surface area (Å²) >= 11 is 0. The maximum absolute atomic E-state index is 12.1. The average Bonchev–Trinajstić information content (AvgIpc) is 2.44. The second-order valence-corrected chi connectivity index (χ2v) is 4.48. The van der Waals surface area contributed by atoms with Crippen LogP contribution in [0.4, 0.5) is 5.69 Å². The van der Waals surface area contributed by atoms with E-state index in [0.717, 1.165) is 6.07 Å². The predicted octanol–water partition coefficient (Wildman–Crippen LogP) is 0.949. The van der Waals surface area contributed by atoms with Crippen LogP contribution in [0.25, 0.3) is 10.4 Å². The highest BCUT2D eigenvalue weighted by Gasteiger charge is 2.26. The molecule has 2 amide bonds. The van der Waals surface area contributed by atoms with Crippen molar-refractivity contribution in [1.29, 1.82) is 0 Å². The summed E-state index contributed by atoms with van der Waals surface area (Å²) in [7, 11) is 0. The maximum atomic E-state index is 12.1. The van der Waals surface area contributed by atoms with Gasteiger partial charge in [-0.05, 0) is 31.5 Å². The Balaban J connectivity index is 2.95. The Hall–Kier alpha value is -2.77. The third-order valence-electron chi connectivity index (χ3n) is 2.79. The molecule has 0 radical (unpaired) electrons. The van der Waals surface area contributed by atoms with Crippen molar-refractivity contribution in [3.63, 3.8) is 0 Å². The van der Waals surface area contributed by atoms with Crippen LogP contribution in [0.5, 0.6) is 5.75 Å². The molecule has 0 aliphatic heterocycles. The molecule has 1 aromatic carbocycles. The number of hydrogen-bond acceptors (Lipinski definition) is 5. The molecular weight excluding hydrogens is 290 g/mol. The van der Waals surface area contributed by atoms with Gasteiger partial charge in [-0.1, -0.05) is 11.2 Å². The minimum Gasteiger partial charge on any atom is -0.507 e. The minimum absolute atomic E-state index is 0.105. The van der Waals surface area contributed by atoms with Crippen LogP contribution in [0.15, 0.2) is 23.3 Å². The molecule has 0 aromatic heterocycles. The topological polar surface area (TPSA) is 147 Å². The van der Waals surface area contributed by atoms with Crippen LogP contribution < -0.4 is 10.6 Å². The van der Waals surface area contributed by atoms with Crippen LogP contribution in [-0.4, -0.2) is 40.7 Å². The Labute approximate surface area is 126 Å². The Morgan fingerprint density at radius 1 is 1.45 bits per heavy atom. The van der Waals surface area contributed by atoms with Gasteiger partial charge in [0.2, 0.25) is 5.91 Å². The second kappa shape index (κ2) is 7.87. The number of azide groups is 1. The fraction of sp³-hybridized carbons (Fsp3) is 0.385. The molecule has 0 aliphatic carbocycles. The molecule has 118 valence electrons. The van der Waals surface area contributed by atoms with Crippen LogP contribution in [-0.2, 0) is 4.79 Å². The average molecular weight is 307 g/mol. The van der Waals surface area contributed by atoms with Crippen molar-refractivity contribution >= 4 is 17.5 Å². The molecule has 2 atom stereocenters. The molecule has 0 spiro atoms. The molecule has 0 unspecified atom stereocenters. The van der Waals surface area contributed by atoms with Crippen molar-refractivity contribution in [3.8, 4) is 5.75 Å². The molecule has 0 fully saturated rings. The predicted molar refractivity (Wildman–Crippen MR) is 78.5 cm³/mol. The molecule has 0 bridgehead atoms. The molecule has 4 N–H and O–H groups in total. The van der Waals surface area contributed by atoms with Crippen molar-refractivity contribution in [2.45, 2.75) is 26.0 Å². The quantitative estimate of drug-likeness (QED) is 0.352. The number of phenols is 1. The zero-order valence-corrected chi connectivity index (χ0v) is 12.1. The molecule has 9 nitrogen and oxygen atoms in total. The molecule has 0 heterocycles. The number of aliphatic hydroxyl groups excluding tert-OH is 1. The Bertz CT molecular complexity index is 610. The van der Waals surface area contributed by atoms with E-state index >= 15 is 0 Å². The van der Waals surface area contributed by atoms with Gasteiger partial charge in [0.25, 0.3) is 5.91 Å². The number of phenolic OH excluding ortho intramolecular Hbond substituents is 1. The van der Waals surface area contributed by atoms with E-state index in [1.54, 1.807) is 6.92 Å². The standard InChI is InChI=1S/C13H17N5O4/c1-3-15-13(22)11(7(2)19)16-12(21)9-5-4-8(17-18-14)6-10(9)20/h4-7,11,19-20H,3H2,1-2H3,(H,15,22)(H,16,21)/t7-,11+/m1/s1. The van der Waals surface area contributed by atoms with Gasteiger partial charge in [0, 0.05) is 17.1 Å². The first-order valence-corrected chi connectivity index (χ1v) is 6.55. The Morgan fingerprint density at radius 3 is 2.64 bits per heavy atom. The first-order chi connectivity index (χ1) is 10.4. The number of aliphatic hydroxyl groups is 1. The summed E-state index contributed by atoms with van der Waals surface area (Å²) in [6.07, 6.45) is -1.11. The molecular formula is C13H17N5O4. The number of hydrogen-bond donors (Lipinski definition) is 4. The summed E-state index contributed by atoms with van der Waals surface area (Å²) < 4.78 is 0. The zero-order chi connectivity index (χ0) is 16.7. The summed E-state index contributed by atoms with van der Waals surface area (Å²) in [4.78, 5) is 26.4. The fourth-order valence-corrected chi connectivity index (χ4v) is 1.73. The van der Waals surface area contributed by atoms with Crippen LogP contribution in [0, 0.1) is 0 Å². The lowest BCUT2D eigenvalue weighted by molar-refractivity contribution is -0.125. The van der Waals surface area contributed by atoms with Gasteiger partial charge in [-0.15, -0.1) is 0 Å². The lowest BCUT2D eigenvalue weighted by Crippen LogP contribution is -2.52. The van der Waals surface area contributed by atoms with E-state index < -0.39 is 29.7 Å². The highest BCUT2D eigenvalue weighted by atomic mass is 16.3. The van der Waals surface area contributed by atoms with Crippen LogP contribution in [0.2, 0.25) is 0 Å². The highest BCUT2D eigenvalue weighted by Crippen LogP contribution is 2.24. The number of likely N-dealkylation sites (N-methyl/N-ethyl adjacent to an activating group) is 1. The highest BCUT2D eigenvalue weighted by molar-refractivity contribution is 6.00. The Kier molecular flexibility index (Phi) is 6.18. The van der Waals surface area contributed by atoms with E-state index in [1.165, 1.54) is 19.1 Å². The fourth-order valence-electron chi connectivity index (χ4n) is 1.73.